The first-order chi connectivity index (χ1) is 17.3. The zero-order chi connectivity index (χ0) is 23.9. The average Bonchev–Trinajstić information content (AvgIpc) is 2.89. The number of benzene rings is 3. The van der Waals surface area contributed by atoms with Crippen LogP contribution in [0, 0.1) is 0 Å². The summed E-state index contributed by atoms with van der Waals surface area (Å²) in [5, 5.41) is 0. The van der Waals surface area contributed by atoms with Gasteiger partial charge in [-0.3, -0.25) is 4.79 Å². The number of ketones is 1. The number of carbonyl (C=O) groups excluding carboxylic acids is 1. The van der Waals surface area contributed by atoms with Crippen molar-refractivity contribution < 1.29 is 28.5 Å². The normalized spacial score (nSPS) is 16.9. The fourth-order valence-corrected chi connectivity index (χ4v) is 4.15. The van der Waals surface area contributed by atoms with Gasteiger partial charge in [-0.1, -0.05) is 42.5 Å². The van der Waals surface area contributed by atoms with Crippen LogP contribution in [0.25, 0.3) is 0 Å². The van der Waals surface area contributed by atoms with E-state index in [2.05, 4.69) is 0 Å². The van der Waals surface area contributed by atoms with Crippen LogP contribution in [0.4, 0.5) is 5.69 Å². The summed E-state index contributed by atoms with van der Waals surface area (Å²) in [7, 11) is 0. The van der Waals surface area contributed by atoms with Gasteiger partial charge in [0.15, 0.2) is 0 Å². The quantitative estimate of drug-likeness (QED) is 0.412. The van der Waals surface area contributed by atoms with Crippen LogP contribution in [-0.2, 0) is 14.2 Å². The standard InChI is InChI=1S/C28H27NO6/c30-28-25-21-8-4-10-23(25)34-18-16-32-14-12-31-13-15-33-17-19-35-24-11-5-9-22(26(24)28)27(21)29-20-6-2-1-3-7-20/h1-11H,12-19H2. The molecule has 0 spiro atoms. The SMILES string of the molecule is O=C1c2c3cccc2C(=Nc2ccccc2)c2cccc(c21)OCCOCCOCCOCCO3. The third kappa shape index (κ3) is 5.27. The summed E-state index contributed by atoms with van der Waals surface area (Å²) in [6.07, 6.45) is 0. The summed E-state index contributed by atoms with van der Waals surface area (Å²) in [5.74, 6) is 0.848. The minimum atomic E-state index is -0.149. The van der Waals surface area contributed by atoms with Gasteiger partial charge in [-0.05, 0) is 24.3 Å². The second kappa shape index (κ2) is 11.3. The van der Waals surface area contributed by atoms with Crippen LogP contribution in [0.1, 0.15) is 27.0 Å². The van der Waals surface area contributed by atoms with Crippen LogP contribution < -0.4 is 9.47 Å². The second-order valence-electron chi connectivity index (χ2n) is 8.02. The van der Waals surface area contributed by atoms with Crippen molar-refractivity contribution in [3.63, 3.8) is 0 Å². The Morgan fingerprint density at radius 3 is 1.54 bits per heavy atom. The zero-order valence-electron chi connectivity index (χ0n) is 19.4. The number of hydrogen-bond donors (Lipinski definition) is 0. The van der Waals surface area contributed by atoms with Crippen LogP contribution >= 0.6 is 0 Å². The molecule has 5 rings (SSSR count). The van der Waals surface area contributed by atoms with Crippen LogP contribution in [0.5, 0.6) is 11.5 Å². The largest absolute Gasteiger partial charge is 0.490 e. The van der Waals surface area contributed by atoms with E-state index in [1.807, 2.05) is 54.6 Å². The fraction of sp³-hybridized carbons (Fsp3) is 0.286. The van der Waals surface area contributed by atoms with Crippen molar-refractivity contribution in [1.82, 2.24) is 0 Å². The molecule has 2 bridgehead atoms. The molecule has 2 aliphatic rings. The van der Waals surface area contributed by atoms with E-state index >= 15 is 0 Å². The summed E-state index contributed by atoms with van der Waals surface area (Å²) in [4.78, 5) is 18.8. The highest BCUT2D eigenvalue weighted by Crippen LogP contribution is 2.38. The Balaban J connectivity index is 1.59. The molecule has 0 radical (unpaired) electrons. The van der Waals surface area contributed by atoms with Gasteiger partial charge in [0.1, 0.15) is 24.7 Å². The molecule has 7 nitrogen and oxygen atoms in total. The van der Waals surface area contributed by atoms with Crippen molar-refractivity contribution in [3.05, 3.63) is 89.0 Å². The smallest absolute Gasteiger partial charge is 0.201 e. The van der Waals surface area contributed by atoms with Crippen molar-refractivity contribution in [1.29, 1.82) is 0 Å². The maximum absolute atomic E-state index is 13.9. The molecule has 0 saturated heterocycles. The van der Waals surface area contributed by atoms with Crippen LogP contribution in [-0.4, -0.2) is 64.3 Å². The minimum absolute atomic E-state index is 0.149. The average molecular weight is 474 g/mol. The number of nitrogens with zero attached hydrogens (tertiary/aromatic N) is 1. The molecule has 7 heteroatoms. The predicted molar refractivity (Wildman–Crippen MR) is 132 cm³/mol. The number of para-hydroxylation sites is 1. The van der Waals surface area contributed by atoms with Gasteiger partial charge in [0.2, 0.25) is 5.78 Å². The molecular formula is C28H27NO6. The first kappa shape index (κ1) is 23.2. The highest BCUT2D eigenvalue weighted by molar-refractivity contribution is 6.32. The van der Waals surface area contributed by atoms with E-state index in [-0.39, 0.29) is 5.78 Å². The summed E-state index contributed by atoms with van der Waals surface area (Å²) in [6.45, 7) is 3.27. The van der Waals surface area contributed by atoms with Crippen LogP contribution in [0.2, 0.25) is 0 Å². The molecule has 0 fully saturated rings. The fourth-order valence-electron chi connectivity index (χ4n) is 4.15. The molecule has 0 atom stereocenters. The summed E-state index contributed by atoms with van der Waals surface area (Å²) in [6, 6.07) is 20.9. The van der Waals surface area contributed by atoms with E-state index < -0.39 is 0 Å². The number of rotatable bonds is 1. The Morgan fingerprint density at radius 2 is 1.03 bits per heavy atom. The summed E-state index contributed by atoms with van der Waals surface area (Å²) < 4.78 is 28.7. The maximum Gasteiger partial charge on any atom is 0.201 e. The minimum Gasteiger partial charge on any atom is -0.490 e. The molecule has 0 unspecified atom stereocenters. The lowest BCUT2D eigenvalue weighted by Gasteiger charge is -2.25. The molecule has 35 heavy (non-hydrogen) atoms. The lowest BCUT2D eigenvalue weighted by molar-refractivity contribution is 0.00483. The van der Waals surface area contributed by atoms with Crippen LogP contribution in [0.3, 0.4) is 0 Å². The van der Waals surface area contributed by atoms with E-state index in [1.165, 1.54) is 0 Å². The number of ether oxygens (including phenoxy) is 5. The Bertz CT molecular complexity index is 1140. The molecule has 0 aromatic heterocycles. The Kier molecular flexibility index (Phi) is 7.48. The third-order valence-electron chi connectivity index (χ3n) is 5.73. The number of carbonyl (C=O) groups is 1. The van der Waals surface area contributed by atoms with Gasteiger partial charge < -0.3 is 23.7 Å². The van der Waals surface area contributed by atoms with Crippen molar-refractivity contribution in [3.8, 4) is 11.5 Å². The van der Waals surface area contributed by atoms with Crippen LogP contribution in [0.15, 0.2) is 71.7 Å². The monoisotopic (exact) mass is 473 g/mol. The van der Waals surface area contributed by atoms with Gasteiger partial charge in [-0.15, -0.1) is 0 Å². The molecular weight excluding hydrogens is 446 g/mol. The molecule has 1 heterocycles. The Hall–Kier alpha value is -3.52. The molecule has 180 valence electrons. The first-order valence-electron chi connectivity index (χ1n) is 11.8. The van der Waals surface area contributed by atoms with Gasteiger partial charge in [0.05, 0.1) is 62.2 Å². The van der Waals surface area contributed by atoms with Crippen molar-refractivity contribution >= 4 is 17.2 Å². The Morgan fingerprint density at radius 1 is 0.543 bits per heavy atom. The molecule has 3 aromatic rings. The van der Waals surface area contributed by atoms with E-state index in [9.17, 15) is 4.79 Å². The van der Waals surface area contributed by atoms with E-state index in [0.29, 0.717) is 81.2 Å². The number of aliphatic imine (C=N–C) groups is 1. The van der Waals surface area contributed by atoms with E-state index in [1.54, 1.807) is 12.1 Å². The lowest BCUT2D eigenvalue weighted by atomic mass is 9.82. The van der Waals surface area contributed by atoms with Gasteiger partial charge in [0.25, 0.3) is 0 Å². The molecule has 0 amide bonds. The van der Waals surface area contributed by atoms with Crippen molar-refractivity contribution in [2.75, 3.05) is 52.9 Å². The summed E-state index contributed by atoms with van der Waals surface area (Å²) in [5.41, 5.74) is 3.92. The molecule has 0 saturated carbocycles. The third-order valence-corrected chi connectivity index (χ3v) is 5.73. The highest BCUT2D eigenvalue weighted by Gasteiger charge is 2.33. The maximum atomic E-state index is 13.9. The molecule has 0 N–H and O–H groups in total. The molecule has 1 aliphatic carbocycles. The van der Waals surface area contributed by atoms with Gasteiger partial charge in [-0.25, -0.2) is 4.99 Å². The molecule has 1 aliphatic heterocycles. The van der Waals surface area contributed by atoms with Gasteiger partial charge in [0, 0.05) is 11.1 Å². The predicted octanol–water partition coefficient (Wildman–Crippen LogP) is 4.22. The number of hydrogen-bond acceptors (Lipinski definition) is 7. The highest BCUT2D eigenvalue weighted by atomic mass is 16.6. The molecule has 3 aromatic carbocycles. The Labute approximate surface area is 204 Å². The topological polar surface area (TPSA) is 75.6 Å². The first-order valence-corrected chi connectivity index (χ1v) is 11.8. The van der Waals surface area contributed by atoms with Gasteiger partial charge >= 0.3 is 0 Å². The van der Waals surface area contributed by atoms with E-state index in [4.69, 9.17) is 28.7 Å². The van der Waals surface area contributed by atoms with E-state index in [0.717, 1.165) is 16.8 Å². The van der Waals surface area contributed by atoms with Crippen molar-refractivity contribution in [2.24, 2.45) is 4.99 Å². The second-order valence-corrected chi connectivity index (χ2v) is 8.02. The summed E-state index contributed by atoms with van der Waals surface area (Å²) >= 11 is 0. The van der Waals surface area contributed by atoms with Gasteiger partial charge in [-0.2, -0.15) is 0 Å². The lowest BCUT2D eigenvalue weighted by Crippen LogP contribution is -2.24. The van der Waals surface area contributed by atoms with Crippen molar-refractivity contribution in [2.45, 2.75) is 0 Å². The zero-order valence-corrected chi connectivity index (χ0v) is 19.4.